The van der Waals surface area contributed by atoms with Gasteiger partial charge in [0.25, 0.3) is 0 Å². The number of halogens is 3. The van der Waals surface area contributed by atoms with E-state index in [0.717, 1.165) is 25.7 Å². The molecule has 0 bridgehead atoms. The molecule has 0 nitrogen and oxygen atoms in total. The van der Waals surface area contributed by atoms with Gasteiger partial charge in [0.1, 0.15) is 0 Å². The van der Waals surface area contributed by atoms with Crippen molar-refractivity contribution in [2.75, 3.05) is 0 Å². The average Bonchev–Trinajstić information content (AvgIpc) is 2.60. The first-order chi connectivity index (χ1) is 5.59. The summed E-state index contributed by atoms with van der Waals surface area (Å²) in [5, 5.41) is 0. The van der Waals surface area contributed by atoms with Crippen molar-refractivity contribution < 1.29 is 64.3 Å². The molecule has 0 aromatic heterocycles. The van der Waals surface area contributed by atoms with Gasteiger partial charge in [-0.15, -0.1) is 0 Å². The van der Waals surface area contributed by atoms with E-state index in [-0.39, 0.29) is 57.3 Å². The molecule has 0 heterocycles. The second-order valence-corrected chi connectivity index (χ2v) is 4.23. The summed E-state index contributed by atoms with van der Waals surface area (Å²) in [6.45, 7) is -4.51. The smallest absolute Gasteiger partial charge is 0.449 e. The van der Waals surface area contributed by atoms with Gasteiger partial charge in [-0.2, -0.15) is 0 Å². The van der Waals surface area contributed by atoms with Crippen molar-refractivity contribution in [3.63, 3.8) is 0 Å². The molecule has 0 N–H and O–H groups in total. The summed E-state index contributed by atoms with van der Waals surface area (Å²) in [5.74, 6) is -0.445. The normalized spacial score (nSPS) is 34.4. The summed E-state index contributed by atoms with van der Waals surface area (Å²) >= 11 is 0. The maximum Gasteiger partial charge on any atom is 1.00 e. The summed E-state index contributed by atoms with van der Waals surface area (Å²) in [7, 11) is 0. The molecule has 0 saturated heterocycles. The van der Waals surface area contributed by atoms with E-state index >= 15 is 0 Å². The van der Waals surface area contributed by atoms with Crippen molar-refractivity contribution in [2.24, 2.45) is 11.8 Å². The Labute approximate surface area is 120 Å². The van der Waals surface area contributed by atoms with E-state index in [2.05, 4.69) is 0 Å². The predicted octanol–water partition coefficient (Wildman–Crippen LogP) is 0.418. The molecule has 0 radical (unpaired) electrons. The number of rotatable bonds is 2. The Bertz CT molecular complexity index is 177. The molecule has 0 aromatic carbocycles. The zero-order valence-corrected chi connectivity index (χ0v) is 11.1. The van der Waals surface area contributed by atoms with Crippen LogP contribution in [0.2, 0.25) is 5.82 Å². The van der Waals surface area contributed by atoms with Crippen molar-refractivity contribution in [3.05, 3.63) is 0 Å². The van der Waals surface area contributed by atoms with Crippen molar-refractivity contribution in [1.29, 1.82) is 0 Å². The van der Waals surface area contributed by atoms with Gasteiger partial charge in [-0.05, 0) is 5.92 Å². The van der Waals surface area contributed by atoms with E-state index in [4.69, 9.17) is 0 Å². The van der Waals surface area contributed by atoms with Gasteiger partial charge < -0.3 is 12.9 Å². The molecule has 0 amide bonds. The zero-order valence-electron chi connectivity index (χ0n) is 7.98. The minimum Gasteiger partial charge on any atom is -0.449 e. The van der Waals surface area contributed by atoms with Crippen molar-refractivity contribution >= 4 is 6.98 Å². The second kappa shape index (κ2) is 4.56. The van der Waals surface area contributed by atoms with Crippen LogP contribution in [0.4, 0.5) is 12.9 Å². The largest absolute Gasteiger partial charge is 1.00 e. The van der Waals surface area contributed by atoms with Gasteiger partial charge >= 0.3 is 58.4 Å². The first kappa shape index (κ1) is 12.6. The number of hydrogen-bond donors (Lipinski definition) is 0. The van der Waals surface area contributed by atoms with Crippen LogP contribution >= 0.6 is 0 Å². The van der Waals surface area contributed by atoms with Gasteiger partial charge in [0.15, 0.2) is 0 Å². The second-order valence-electron chi connectivity index (χ2n) is 4.23. The molecule has 2 saturated carbocycles. The molecule has 0 spiro atoms. The van der Waals surface area contributed by atoms with Crippen LogP contribution in [0.5, 0.6) is 0 Å². The van der Waals surface area contributed by atoms with Gasteiger partial charge in [0.2, 0.25) is 0 Å². The minimum absolute atomic E-state index is 0. The maximum atomic E-state index is 12.2. The van der Waals surface area contributed by atoms with Crippen LogP contribution in [-0.4, -0.2) is 6.98 Å². The quantitative estimate of drug-likeness (QED) is 0.587. The number of hydrogen-bond acceptors (Lipinski definition) is 0. The van der Waals surface area contributed by atoms with Crippen LogP contribution in [0, 0.1) is 11.8 Å². The fourth-order valence-electron chi connectivity index (χ4n) is 2.60. The third kappa shape index (κ3) is 2.97. The van der Waals surface area contributed by atoms with Crippen LogP contribution < -0.4 is 51.4 Å². The molecule has 0 unspecified atom stereocenters. The summed E-state index contributed by atoms with van der Waals surface area (Å²) in [6.07, 6.45) is 4.84. The molecular weight excluding hydrogens is 203 g/mol. The van der Waals surface area contributed by atoms with Gasteiger partial charge in [-0.1, -0.05) is 43.8 Å². The Morgan fingerprint density at radius 2 is 1.54 bits per heavy atom. The first-order valence-corrected chi connectivity index (χ1v) is 4.79. The van der Waals surface area contributed by atoms with E-state index < -0.39 is 12.8 Å². The predicted molar refractivity (Wildman–Crippen MR) is 42.9 cm³/mol. The minimum atomic E-state index is -4.51. The fraction of sp³-hybridized carbons (Fsp3) is 1.00. The SMILES string of the molecule is F[B-](F)(F)[C@@H]1C[C@H]1C1CCCC1.[K+]. The van der Waals surface area contributed by atoms with Gasteiger partial charge in [-0.3, -0.25) is 0 Å². The Morgan fingerprint density at radius 1 is 1.00 bits per heavy atom. The van der Waals surface area contributed by atoms with Gasteiger partial charge in [0, 0.05) is 0 Å². The molecule has 2 aliphatic carbocycles. The fourth-order valence-corrected chi connectivity index (χ4v) is 2.60. The Balaban J connectivity index is 0.000000845. The van der Waals surface area contributed by atoms with Gasteiger partial charge in [0.05, 0.1) is 0 Å². The van der Waals surface area contributed by atoms with E-state index in [0.29, 0.717) is 12.3 Å². The van der Waals surface area contributed by atoms with Crippen LogP contribution in [0.15, 0.2) is 0 Å². The molecule has 70 valence electrons. The molecule has 2 atom stereocenters. The molecule has 0 aromatic rings. The zero-order chi connectivity index (χ0) is 8.77. The average molecular weight is 216 g/mol. The summed E-state index contributed by atoms with van der Waals surface area (Å²) in [5.41, 5.74) is 0. The Morgan fingerprint density at radius 3 is 1.92 bits per heavy atom. The molecule has 2 aliphatic rings. The molecule has 5 heteroatoms. The molecule has 13 heavy (non-hydrogen) atoms. The summed E-state index contributed by atoms with van der Waals surface area (Å²) in [6, 6.07) is 0. The van der Waals surface area contributed by atoms with Crippen LogP contribution in [0.3, 0.4) is 0 Å². The summed E-state index contributed by atoms with van der Waals surface area (Å²) < 4.78 is 36.6. The molecule has 0 aliphatic heterocycles. The topological polar surface area (TPSA) is 0 Å². The van der Waals surface area contributed by atoms with Crippen molar-refractivity contribution in [1.82, 2.24) is 0 Å². The van der Waals surface area contributed by atoms with E-state index in [1.165, 1.54) is 0 Å². The van der Waals surface area contributed by atoms with E-state index in [9.17, 15) is 12.9 Å². The monoisotopic (exact) mass is 216 g/mol. The van der Waals surface area contributed by atoms with Crippen LogP contribution in [0.1, 0.15) is 32.1 Å². The Kier molecular flexibility index (Phi) is 4.40. The van der Waals surface area contributed by atoms with Crippen molar-refractivity contribution in [2.45, 2.75) is 37.9 Å². The van der Waals surface area contributed by atoms with E-state index in [1.54, 1.807) is 0 Å². The Hall–Kier alpha value is 1.49. The van der Waals surface area contributed by atoms with E-state index in [1.807, 2.05) is 0 Å². The maximum absolute atomic E-state index is 12.2. The molecule has 2 rings (SSSR count). The summed E-state index contributed by atoms with van der Waals surface area (Å²) in [4.78, 5) is 0. The van der Waals surface area contributed by atoms with Crippen molar-refractivity contribution in [3.8, 4) is 0 Å². The first-order valence-electron chi connectivity index (χ1n) is 4.79. The standard InChI is InChI=1S/C8H13BF3.K/c10-9(11,12)8-5-7(8)6-3-1-2-4-6;/h6-8H,1-5H2;/q-1;+1/t7-,8+;/m0./s1. The molecule has 2 fully saturated rings. The van der Waals surface area contributed by atoms with Gasteiger partial charge in [-0.25, -0.2) is 0 Å². The third-order valence-corrected chi connectivity index (χ3v) is 3.38. The van der Waals surface area contributed by atoms with Crippen LogP contribution in [-0.2, 0) is 0 Å². The van der Waals surface area contributed by atoms with Crippen LogP contribution in [0.25, 0.3) is 0 Å². The third-order valence-electron chi connectivity index (χ3n) is 3.38. The molecular formula is C8H13BF3K.